The van der Waals surface area contributed by atoms with E-state index in [2.05, 4.69) is 55.2 Å². The first-order valence-electron chi connectivity index (χ1n) is 7.93. The molecule has 1 fully saturated rings. The average molecular weight is 295 g/mol. The van der Waals surface area contributed by atoms with Crippen LogP contribution in [0.15, 0.2) is 11.6 Å². The molecule has 0 radical (unpaired) electrons. The molecule has 1 aliphatic heterocycles. The Labute approximate surface area is 127 Å². The zero-order valence-corrected chi connectivity index (χ0v) is 14.3. The Morgan fingerprint density at radius 2 is 2.15 bits per heavy atom. The van der Waals surface area contributed by atoms with Gasteiger partial charge in [-0.05, 0) is 18.8 Å². The number of hydrogen-bond donors (Lipinski definition) is 1. The van der Waals surface area contributed by atoms with E-state index in [1.807, 2.05) is 6.20 Å². The van der Waals surface area contributed by atoms with E-state index in [0.29, 0.717) is 24.0 Å². The van der Waals surface area contributed by atoms with Gasteiger partial charge >= 0.3 is 0 Å². The SMILES string of the molecule is CCC(C)C1CN(C(C)c2nccs2)C(C(C)C)CN1. The average Bonchev–Trinajstić information content (AvgIpc) is 2.99. The van der Waals surface area contributed by atoms with Crippen molar-refractivity contribution in [2.45, 2.75) is 59.2 Å². The molecule has 0 aliphatic carbocycles. The van der Waals surface area contributed by atoms with Gasteiger partial charge in [0.05, 0.1) is 6.04 Å². The molecule has 3 nitrogen and oxygen atoms in total. The lowest BCUT2D eigenvalue weighted by atomic mass is 9.91. The summed E-state index contributed by atoms with van der Waals surface area (Å²) in [6, 6.07) is 1.64. The second kappa shape index (κ2) is 7.01. The number of aromatic nitrogens is 1. The second-order valence-electron chi connectivity index (χ2n) is 6.45. The third-order valence-electron chi connectivity index (χ3n) is 4.83. The third-order valence-corrected chi connectivity index (χ3v) is 5.78. The summed E-state index contributed by atoms with van der Waals surface area (Å²) < 4.78 is 0. The van der Waals surface area contributed by atoms with Crippen LogP contribution in [0.1, 0.15) is 52.1 Å². The van der Waals surface area contributed by atoms with E-state index in [1.165, 1.54) is 11.4 Å². The molecule has 4 unspecified atom stereocenters. The Kier molecular flexibility index (Phi) is 5.58. The van der Waals surface area contributed by atoms with Gasteiger partial charge in [-0.3, -0.25) is 4.90 Å². The fourth-order valence-electron chi connectivity index (χ4n) is 3.13. The summed E-state index contributed by atoms with van der Waals surface area (Å²) in [6.07, 6.45) is 3.17. The quantitative estimate of drug-likeness (QED) is 0.900. The smallest absolute Gasteiger partial charge is 0.109 e. The largest absolute Gasteiger partial charge is 0.311 e. The van der Waals surface area contributed by atoms with Crippen LogP contribution in [0.2, 0.25) is 0 Å². The molecule has 1 aliphatic rings. The fourth-order valence-corrected chi connectivity index (χ4v) is 3.84. The summed E-state index contributed by atoms with van der Waals surface area (Å²) in [4.78, 5) is 7.21. The Hall–Kier alpha value is -0.450. The second-order valence-corrected chi connectivity index (χ2v) is 7.38. The number of nitrogens with one attached hydrogen (secondary N) is 1. The predicted octanol–water partition coefficient (Wildman–Crippen LogP) is 3.55. The van der Waals surface area contributed by atoms with Gasteiger partial charge in [0, 0.05) is 36.8 Å². The van der Waals surface area contributed by atoms with Crippen molar-refractivity contribution in [1.29, 1.82) is 0 Å². The Bertz CT molecular complexity index is 390. The Morgan fingerprint density at radius 1 is 1.40 bits per heavy atom. The summed E-state index contributed by atoms with van der Waals surface area (Å²) in [5.74, 6) is 1.40. The topological polar surface area (TPSA) is 28.2 Å². The highest BCUT2D eigenvalue weighted by Crippen LogP contribution is 2.30. The first-order chi connectivity index (χ1) is 9.54. The van der Waals surface area contributed by atoms with Gasteiger partial charge in [-0.2, -0.15) is 0 Å². The molecule has 1 saturated heterocycles. The molecular formula is C16H29N3S. The van der Waals surface area contributed by atoms with Crippen molar-refractivity contribution in [3.05, 3.63) is 16.6 Å². The van der Waals surface area contributed by atoms with Crippen molar-refractivity contribution in [2.75, 3.05) is 13.1 Å². The Morgan fingerprint density at radius 3 is 2.70 bits per heavy atom. The standard InChI is InChI=1S/C16H29N3S/c1-6-12(4)14-10-19(15(9-18-14)11(2)3)13(5)16-17-7-8-20-16/h7-8,11-15,18H,6,9-10H2,1-5H3. The van der Waals surface area contributed by atoms with E-state index >= 15 is 0 Å². The van der Waals surface area contributed by atoms with Crippen molar-refractivity contribution >= 4 is 11.3 Å². The number of hydrogen-bond acceptors (Lipinski definition) is 4. The number of rotatable bonds is 5. The van der Waals surface area contributed by atoms with Crippen molar-refractivity contribution in [2.24, 2.45) is 11.8 Å². The lowest BCUT2D eigenvalue weighted by molar-refractivity contribution is 0.0487. The van der Waals surface area contributed by atoms with E-state index in [-0.39, 0.29) is 0 Å². The highest BCUT2D eigenvalue weighted by molar-refractivity contribution is 7.09. The van der Waals surface area contributed by atoms with Crippen LogP contribution in [-0.4, -0.2) is 35.1 Å². The van der Waals surface area contributed by atoms with E-state index < -0.39 is 0 Å². The molecule has 114 valence electrons. The molecule has 4 heteroatoms. The van der Waals surface area contributed by atoms with Crippen LogP contribution >= 0.6 is 11.3 Å². The summed E-state index contributed by atoms with van der Waals surface area (Å²) in [5.41, 5.74) is 0. The van der Waals surface area contributed by atoms with Crippen LogP contribution < -0.4 is 5.32 Å². The maximum absolute atomic E-state index is 4.53. The number of thiazole rings is 1. The first-order valence-corrected chi connectivity index (χ1v) is 8.81. The van der Waals surface area contributed by atoms with Crippen LogP contribution in [0.25, 0.3) is 0 Å². The normalized spacial score (nSPS) is 27.7. The molecule has 1 aromatic rings. The van der Waals surface area contributed by atoms with Crippen molar-refractivity contribution in [3.63, 3.8) is 0 Å². The van der Waals surface area contributed by atoms with Crippen molar-refractivity contribution < 1.29 is 0 Å². The monoisotopic (exact) mass is 295 g/mol. The van der Waals surface area contributed by atoms with Gasteiger partial charge in [-0.25, -0.2) is 4.98 Å². The summed E-state index contributed by atoms with van der Waals surface area (Å²) in [5, 5.41) is 7.11. The molecule has 0 saturated carbocycles. The molecule has 2 rings (SSSR count). The third kappa shape index (κ3) is 3.41. The van der Waals surface area contributed by atoms with Crippen molar-refractivity contribution in [1.82, 2.24) is 15.2 Å². The van der Waals surface area contributed by atoms with Crippen LogP contribution in [0.5, 0.6) is 0 Å². The van der Waals surface area contributed by atoms with E-state index in [1.54, 1.807) is 11.3 Å². The van der Waals surface area contributed by atoms with Crippen LogP contribution in [0.3, 0.4) is 0 Å². The zero-order valence-electron chi connectivity index (χ0n) is 13.5. The predicted molar refractivity (Wildman–Crippen MR) is 87.1 cm³/mol. The lowest BCUT2D eigenvalue weighted by Gasteiger charge is -2.46. The minimum Gasteiger partial charge on any atom is -0.311 e. The maximum Gasteiger partial charge on any atom is 0.109 e. The van der Waals surface area contributed by atoms with Gasteiger partial charge in [-0.15, -0.1) is 11.3 Å². The van der Waals surface area contributed by atoms with Crippen molar-refractivity contribution in [3.8, 4) is 0 Å². The molecule has 1 aromatic heterocycles. The van der Waals surface area contributed by atoms with Gasteiger partial charge < -0.3 is 5.32 Å². The van der Waals surface area contributed by atoms with E-state index in [9.17, 15) is 0 Å². The van der Waals surface area contributed by atoms with E-state index in [4.69, 9.17) is 0 Å². The van der Waals surface area contributed by atoms with Gasteiger partial charge in [-0.1, -0.05) is 34.1 Å². The Balaban J connectivity index is 2.14. The zero-order chi connectivity index (χ0) is 14.7. The van der Waals surface area contributed by atoms with Gasteiger partial charge in [0.2, 0.25) is 0 Å². The molecule has 2 heterocycles. The maximum atomic E-state index is 4.53. The molecule has 0 bridgehead atoms. The molecular weight excluding hydrogens is 266 g/mol. The van der Waals surface area contributed by atoms with Crippen LogP contribution in [0.4, 0.5) is 0 Å². The highest BCUT2D eigenvalue weighted by atomic mass is 32.1. The first kappa shape index (κ1) is 15.9. The molecule has 20 heavy (non-hydrogen) atoms. The highest BCUT2D eigenvalue weighted by Gasteiger charge is 2.35. The summed E-state index contributed by atoms with van der Waals surface area (Å²) >= 11 is 1.78. The molecule has 4 atom stereocenters. The summed E-state index contributed by atoms with van der Waals surface area (Å²) in [6.45, 7) is 13.9. The van der Waals surface area contributed by atoms with Crippen LogP contribution in [0, 0.1) is 11.8 Å². The minimum atomic E-state index is 0.427. The lowest BCUT2D eigenvalue weighted by Crippen LogP contribution is -2.60. The molecule has 1 N–H and O–H groups in total. The van der Waals surface area contributed by atoms with E-state index in [0.717, 1.165) is 19.0 Å². The molecule has 0 amide bonds. The number of piperazine rings is 1. The van der Waals surface area contributed by atoms with Gasteiger partial charge in [0.25, 0.3) is 0 Å². The van der Waals surface area contributed by atoms with Gasteiger partial charge in [0.1, 0.15) is 5.01 Å². The molecule has 0 spiro atoms. The number of nitrogens with zero attached hydrogens (tertiary/aromatic N) is 2. The molecule has 0 aromatic carbocycles. The van der Waals surface area contributed by atoms with Gasteiger partial charge in [0.15, 0.2) is 0 Å². The minimum absolute atomic E-state index is 0.427. The van der Waals surface area contributed by atoms with Crippen LogP contribution in [-0.2, 0) is 0 Å². The fraction of sp³-hybridized carbons (Fsp3) is 0.812. The summed E-state index contributed by atoms with van der Waals surface area (Å²) in [7, 11) is 0.